The van der Waals surface area contributed by atoms with E-state index in [4.69, 9.17) is 0 Å². The van der Waals surface area contributed by atoms with Crippen molar-refractivity contribution in [2.24, 2.45) is 7.05 Å². The van der Waals surface area contributed by atoms with Crippen LogP contribution in [0.4, 0.5) is 0 Å². The highest BCUT2D eigenvalue weighted by Crippen LogP contribution is 2.27. The van der Waals surface area contributed by atoms with Crippen LogP contribution in [0.3, 0.4) is 0 Å². The Hall–Kier alpha value is -1.33. The maximum absolute atomic E-state index is 11.7. The van der Waals surface area contributed by atoms with Crippen LogP contribution in [0.1, 0.15) is 6.92 Å². The van der Waals surface area contributed by atoms with E-state index >= 15 is 0 Å². The molecule has 0 saturated carbocycles. The Morgan fingerprint density at radius 1 is 1.25 bits per heavy atom. The molecule has 20 heavy (non-hydrogen) atoms. The molecular weight excluding hydrogens is 324 g/mol. The first-order valence-corrected chi connectivity index (χ1v) is 9.81. The van der Waals surface area contributed by atoms with E-state index in [1.165, 1.54) is 24.7 Å². The molecule has 0 N–H and O–H groups in total. The van der Waals surface area contributed by atoms with Gasteiger partial charge in [-0.1, -0.05) is 18.3 Å². The Morgan fingerprint density at radius 2 is 1.90 bits per heavy atom. The van der Waals surface area contributed by atoms with Crippen LogP contribution in [0.5, 0.6) is 0 Å². The zero-order valence-corrected chi connectivity index (χ0v) is 13.4. The summed E-state index contributed by atoms with van der Waals surface area (Å²) in [6, 6.07) is 0. The molecule has 0 saturated heterocycles. The number of hydrogen-bond donors (Lipinski definition) is 0. The predicted molar refractivity (Wildman–Crippen MR) is 72.9 cm³/mol. The average molecular weight is 336 g/mol. The maximum atomic E-state index is 11.7. The Morgan fingerprint density at radius 3 is 2.40 bits per heavy atom. The smallest absolute Gasteiger partial charge is 0.232 e. The molecule has 2 rings (SSSR count). The van der Waals surface area contributed by atoms with Gasteiger partial charge in [-0.15, -0.1) is 10.2 Å². The molecule has 0 aliphatic rings. The Labute approximate surface area is 120 Å². The number of sulfone groups is 2. The molecule has 8 nitrogen and oxygen atoms in total. The summed E-state index contributed by atoms with van der Waals surface area (Å²) in [4.78, 5) is 3.82. The summed E-state index contributed by atoms with van der Waals surface area (Å²) in [6.45, 7) is 1.52. The highest BCUT2D eigenvalue weighted by Gasteiger charge is 2.22. The van der Waals surface area contributed by atoms with Crippen molar-refractivity contribution in [3.63, 3.8) is 0 Å². The topological polar surface area (TPSA) is 112 Å². The van der Waals surface area contributed by atoms with Crippen LogP contribution in [-0.2, 0) is 26.7 Å². The van der Waals surface area contributed by atoms with Gasteiger partial charge in [-0.3, -0.25) is 0 Å². The van der Waals surface area contributed by atoms with Crippen molar-refractivity contribution < 1.29 is 16.8 Å². The second kappa shape index (κ2) is 4.90. The van der Waals surface area contributed by atoms with E-state index in [0.29, 0.717) is 10.7 Å². The van der Waals surface area contributed by atoms with Gasteiger partial charge in [-0.25, -0.2) is 21.8 Å². The van der Waals surface area contributed by atoms with Gasteiger partial charge < -0.3 is 4.57 Å². The van der Waals surface area contributed by atoms with Crippen LogP contribution in [-0.4, -0.2) is 48.6 Å². The normalized spacial score (nSPS) is 12.8. The molecule has 2 aromatic heterocycles. The Balaban J connectivity index is 2.53. The van der Waals surface area contributed by atoms with Gasteiger partial charge in [0.05, 0.1) is 17.6 Å². The molecule has 2 aromatic rings. The lowest BCUT2D eigenvalue weighted by atomic mass is 10.5. The standard InChI is InChI=1S/C9H12N4O4S3/c1-4-20(16,17)9-12-11-7(18-9)6-5-10-8(13(6)2)19(3,14)15/h5H,4H2,1-3H3. The maximum Gasteiger partial charge on any atom is 0.232 e. The molecular formula is C9H12N4O4S3. The number of imidazole rings is 1. The lowest BCUT2D eigenvalue weighted by Gasteiger charge is -2.00. The van der Waals surface area contributed by atoms with Crippen LogP contribution in [0.2, 0.25) is 0 Å². The molecule has 0 fully saturated rings. The summed E-state index contributed by atoms with van der Waals surface area (Å²) < 4.78 is 47.6. The van der Waals surface area contributed by atoms with Crippen molar-refractivity contribution in [3.8, 4) is 10.7 Å². The van der Waals surface area contributed by atoms with Gasteiger partial charge in [0.1, 0.15) is 0 Å². The third-order valence-corrected chi connectivity index (χ3v) is 6.72. The fourth-order valence-corrected chi connectivity index (χ4v) is 4.47. The third kappa shape index (κ3) is 2.60. The molecule has 0 aromatic carbocycles. The number of hydrogen-bond acceptors (Lipinski definition) is 8. The molecule has 11 heteroatoms. The first-order chi connectivity index (χ1) is 9.16. The summed E-state index contributed by atoms with van der Waals surface area (Å²) in [6.07, 6.45) is 2.38. The van der Waals surface area contributed by atoms with Gasteiger partial charge in [-0.05, 0) is 0 Å². The van der Waals surface area contributed by atoms with E-state index in [2.05, 4.69) is 15.2 Å². The minimum atomic E-state index is -3.46. The van der Waals surface area contributed by atoms with Crippen LogP contribution in [0.25, 0.3) is 10.7 Å². The minimum Gasteiger partial charge on any atom is -0.316 e. The van der Waals surface area contributed by atoms with Gasteiger partial charge in [0.2, 0.25) is 29.2 Å². The predicted octanol–water partition coefficient (Wildman–Crippen LogP) is 0.136. The van der Waals surface area contributed by atoms with E-state index < -0.39 is 19.7 Å². The van der Waals surface area contributed by atoms with Crippen LogP contribution >= 0.6 is 11.3 Å². The molecule has 2 heterocycles. The van der Waals surface area contributed by atoms with Gasteiger partial charge in [-0.2, -0.15) is 0 Å². The molecule has 0 unspecified atom stereocenters. The van der Waals surface area contributed by atoms with Crippen LogP contribution < -0.4 is 0 Å². The SMILES string of the molecule is CCS(=O)(=O)c1nnc(-c2cnc(S(C)(=O)=O)n2C)s1. The number of aromatic nitrogens is 4. The summed E-state index contributed by atoms with van der Waals surface area (Å²) in [5, 5.41) is 7.63. The summed E-state index contributed by atoms with van der Waals surface area (Å²) in [5.74, 6) is -0.0678. The molecule has 0 aliphatic heterocycles. The Bertz CT molecular complexity index is 848. The fourth-order valence-electron chi connectivity index (χ4n) is 1.50. The number of rotatable bonds is 4. The van der Waals surface area contributed by atoms with Crippen LogP contribution in [0, 0.1) is 0 Å². The van der Waals surface area contributed by atoms with Crippen molar-refractivity contribution in [1.82, 2.24) is 19.7 Å². The average Bonchev–Trinajstić information content (AvgIpc) is 2.94. The first-order valence-electron chi connectivity index (χ1n) is 5.45. The summed E-state index contributed by atoms with van der Waals surface area (Å²) in [7, 11) is -5.36. The van der Waals surface area contributed by atoms with Crippen LogP contribution in [0.15, 0.2) is 15.7 Å². The van der Waals surface area contributed by atoms with E-state index in [1.54, 1.807) is 0 Å². The largest absolute Gasteiger partial charge is 0.316 e. The van der Waals surface area contributed by atoms with E-state index in [-0.39, 0.29) is 15.2 Å². The van der Waals surface area contributed by atoms with Crippen molar-refractivity contribution >= 4 is 31.0 Å². The molecule has 0 amide bonds. The van der Waals surface area contributed by atoms with E-state index in [9.17, 15) is 16.8 Å². The lowest BCUT2D eigenvalue weighted by Crippen LogP contribution is -2.06. The fraction of sp³-hybridized carbons (Fsp3) is 0.444. The lowest BCUT2D eigenvalue weighted by molar-refractivity contribution is 0.585. The summed E-state index contributed by atoms with van der Waals surface area (Å²) >= 11 is 0.890. The van der Waals surface area contributed by atoms with E-state index in [1.807, 2.05) is 0 Å². The van der Waals surface area contributed by atoms with Gasteiger partial charge in [0.25, 0.3) is 0 Å². The zero-order valence-electron chi connectivity index (χ0n) is 10.9. The van der Waals surface area contributed by atoms with Gasteiger partial charge in [0.15, 0.2) is 5.01 Å². The van der Waals surface area contributed by atoms with Gasteiger partial charge in [0, 0.05) is 13.3 Å². The highest BCUT2D eigenvalue weighted by molar-refractivity contribution is 7.93. The summed E-state index contributed by atoms with van der Waals surface area (Å²) in [5.41, 5.74) is 0.403. The van der Waals surface area contributed by atoms with Crippen molar-refractivity contribution in [1.29, 1.82) is 0 Å². The van der Waals surface area contributed by atoms with Gasteiger partial charge >= 0.3 is 0 Å². The third-order valence-electron chi connectivity index (χ3n) is 2.55. The van der Waals surface area contributed by atoms with E-state index in [0.717, 1.165) is 17.6 Å². The second-order valence-electron chi connectivity index (χ2n) is 4.03. The Kier molecular flexibility index (Phi) is 3.69. The molecule has 0 aliphatic carbocycles. The minimum absolute atomic E-state index is 0.0678. The highest BCUT2D eigenvalue weighted by atomic mass is 32.2. The number of nitrogens with zero attached hydrogens (tertiary/aromatic N) is 4. The molecule has 0 bridgehead atoms. The monoisotopic (exact) mass is 336 g/mol. The first kappa shape index (κ1) is 15.1. The molecule has 110 valence electrons. The molecule has 0 atom stereocenters. The van der Waals surface area contributed by atoms with Crippen molar-refractivity contribution in [3.05, 3.63) is 6.20 Å². The molecule has 0 radical (unpaired) electrons. The van der Waals surface area contributed by atoms with Crippen molar-refractivity contribution in [2.45, 2.75) is 16.4 Å². The molecule has 0 spiro atoms. The van der Waals surface area contributed by atoms with Crippen molar-refractivity contribution in [2.75, 3.05) is 12.0 Å². The second-order valence-corrected chi connectivity index (χ2v) is 9.37. The quantitative estimate of drug-likeness (QED) is 0.780. The zero-order chi connectivity index (χ0) is 15.1.